The SMILES string of the molecule is CC(C#N)(Cc1cccnc1)c1cccc(Cl)c1. The second-order valence-electron chi connectivity index (χ2n) is 4.49. The molecule has 0 saturated carbocycles. The van der Waals surface area contributed by atoms with E-state index < -0.39 is 5.41 Å². The van der Waals surface area contributed by atoms with E-state index in [1.165, 1.54) is 0 Å². The molecule has 0 radical (unpaired) electrons. The molecule has 18 heavy (non-hydrogen) atoms. The van der Waals surface area contributed by atoms with Crippen molar-refractivity contribution in [2.45, 2.75) is 18.8 Å². The smallest absolute Gasteiger partial charge is 0.0835 e. The van der Waals surface area contributed by atoms with Crippen molar-refractivity contribution in [3.05, 3.63) is 64.9 Å². The van der Waals surface area contributed by atoms with Crippen LogP contribution >= 0.6 is 11.6 Å². The lowest BCUT2D eigenvalue weighted by Gasteiger charge is -2.22. The van der Waals surface area contributed by atoms with Gasteiger partial charge in [-0.1, -0.05) is 29.8 Å². The summed E-state index contributed by atoms with van der Waals surface area (Å²) in [6.45, 7) is 1.92. The predicted octanol–water partition coefficient (Wildman–Crippen LogP) is 3.76. The third-order valence-electron chi connectivity index (χ3n) is 2.99. The highest BCUT2D eigenvalue weighted by molar-refractivity contribution is 6.30. The van der Waals surface area contributed by atoms with Gasteiger partial charge < -0.3 is 0 Å². The lowest BCUT2D eigenvalue weighted by Crippen LogP contribution is -2.22. The standard InChI is InChI=1S/C15H13ClN2/c1-15(11-17,9-12-4-3-7-18-10-12)13-5-2-6-14(16)8-13/h2-8,10H,9H2,1H3. The first-order chi connectivity index (χ1) is 8.64. The summed E-state index contributed by atoms with van der Waals surface area (Å²) in [5, 5.41) is 10.1. The molecule has 1 aromatic carbocycles. The summed E-state index contributed by atoms with van der Waals surface area (Å²) in [7, 11) is 0. The van der Waals surface area contributed by atoms with Gasteiger partial charge in [0.1, 0.15) is 0 Å². The Bertz CT molecular complexity index is 575. The van der Waals surface area contributed by atoms with Gasteiger partial charge in [-0.25, -0.2) is 0 Å². The molecule has 2 nitrogen and oxygen atoms in total. The summed E-state index contributed by atoms with van der Waals surface area (Å²) in [4.78, 5) is 4.08. The Kier molecular flexibility index (Phi) is 3.64. The zero-order chi connectivity index (χ0) is 13.0. The molecule has 1 unspecified atom stereocenters. The first kappa shape index (κ1) is 12.6. The van der Waals surface area contributed by atoms with Crippen molar-refractivity contribution in [2.75, 3.05) is 0 Å². The van der Waals surface area contributed by atoms with Crippen molar-refractivity contribution < 1.29 is 0 Å². The van der Waals surface area contributed by atoms with Crippen LogP contribution in [0.5, 0.6) is 0 Å². The van der Waals surface area contributed by atoms with E-state index in [0.717, 1.165) is 11.1 Å². The Labute approximate surface area is 112 Å². The summed E-state index contributed by atoms with van der Waals surface area (Å²) in [5.41, 5.74) is 1.39. The van der Waals surface area contributed by atoms with E-state index in [9.17, 15) is 5.26 Å². The van der Waals surface area contributed by atoms with Gasteiger partial charge in [0.05, 0.1) is 11.5 Å². The van der Waals surface area contributed by atoms with Gasteiger partial charge in [0.25, 0.3) is 0 Å². The van der Waals surface area contributed by atoms with Crippen LogP contribution in [0.25, 0.3) is 0 Å². The van der Waals surface area contributed by atoms with Gasteiger partial charge in [0.2, 0.25) is 0 Å². The van der Waals surface area contributed by atoms with Gasteiger partial charge in [-0.2, -0.15) is 5.26 Å². The van der Waals surface area contributed by atoms with Crippen LogP contribution in [0.2, 0.25) is 5.02 Å². The summed E-state index contributed by atoms with van der Waals surface area (Å²) in [6, 6.07) is 13.7. The van der Waals surface area contributed by atoms with Crippen molar-refractivity contribution in [1.29, 1.82) is 5.26 Å². The van der Waals surface area contributed by atoms with E-state index in [1.54, 1.807) is 12.4 Å². The van der Waals surface area contributed by atoms with Crippen LogP contribution in [-0.4, -0.2) is 4.98 Å². The fourth-order valence-corrected chi connectivity index (χ4v) is 2.14. The molecule has 0 amide bonds. The number of nitriles is 1. The number of rotatable bonds is 3. The van der Waals surface area contributed by atoms with Crippen LogP contribution in [0.4, 0.5) is 0 Å². The Morgan fingerprint density at radius 3 is 2.78 bits per heavy atom. The minimum absolute atomic E-state index is 0.589. The molecule has 3 heteroatoms. The van der Waals surface area contributed by atoms with Crippen LogP contribution in [0.15, 0.2) is 48.8 Å². The maximum Gasteiger partial charge on any atom is 0.0835 e. The zero-order valence-electron chi connectivity index (χ0n) is 10.1. The Morgan fingerprint density at radius 1 is 1.33 bits per heavy atom. The van der Waals surface area contributed by atoms with E-state index in [4.69, 9.17) is 11.6 Å². The number of halogens is 1. The van der Waals surface area contributed by atoms with Gasteiger partial charge in [-0.3, -0.25) is 4.98 Å². The molecular formula is C15H13ClN2. The molecule has 0 aliphatic carbocycles. The molecule has 2 rings (SSSR count). The van der Waals surface area contributed by atoms with Gasteiger partial charge in [-0.15, -0.1) is 0 Å². The molecule has 0 aliphatic rings. The number of hydrogen-bond donors (Lipinski definition) is 0. The van der Waals surface area contributed by atoms with Crippen molar-refractivity contribution in [3.63, 3.8) is 0 Å². The maximum atomic E-state index is 9.48. The summed E-state index contributed by atoms with van der Waals surface area (Å²) < 4.78 is 0. The van der Waals surface area contributed by atoms with Crippen LogP contribution in [0, 0.1) is 11.3 Å². The largest absolute Gasteiger partial charge is 0.264 e. The second-order valence-corrected chi connectivity index (χ2v) is 4.93. The molecule has 0 fully saturated rings. The summed E-state index contributed by atoms with van der Waals surface area (Å²) in [5.74, 6) is 0. The van der Waals surface area contributed by atoms with E-state index in [1.807, 2.05) is 43.3 Å². The Morgan fingerprint density at radius 2 is 2.17 bits per heavy atom. The number of pyridine rings is 1. The van der Waals surface area contributed by atoms with Gasteiger partial charge in [-0.05, 0) is 42.7 Å². The highest BCUT2D eigenvalue weighted by atomic mass is 35.5. The van der Waals surface area contributed by atoms with Crippen LogP contribution in [-0.2, 0) is 11.8 Å². The van der Waals surface area contributed by atoms with Crippen molar-refractivity contribution in [3.8, 4) is 6.07 Å². The normalized spacial score (nSPS) is 13.6. The first-order valence-electron chi connectivity index (χ1n) is 5.70. The molecule has 2 aromatic rings. The van der Waals surface area contributed by atoms with Crippen molar-refractivity contribution >= 4 is 11.6 Å². The zero-order valence-corrected chi connectivity index (χ0v) is 10.9. The predicted molar refractivity (Wildman–Crippen MR) is 72.4 cm³/mol. The molecule has 0 bridgehead atoms. The molecule has 1 heterocycles. The Hall–Kier alpha value is -1.85. The first-order valence-corrected chi connectivity index (χ1v) is 6.08. The molecule has 0 spiro atoms. The Balaban J connectivity index is 2.35. The van der Waals surface area contributed by atoms with E-state index in [-0.39, 0.29) is 0 Å². The molecule has 0 saturated heterocycles. The van der Waals surface area contributed by atoms with E-state index in [0.29, 0.717) is 11.4 Å². The number of hydrogen-bond acceptors (Lipinski definition) is 2. The molecule has 0 N–H and O–H groups in total. The van der Waals surface area contributed by atoms with Crippen molar-refractivity contribution in [1.82, 2.24) is 4.98 Å². The lowest BCUT2D eigenvalue weighted by molar-refractivity contribution is 0.605. The molecular weight excluding hydrogens is 244 g/mol. The number of benzene rings is 1. The number of aromatic nitrogens is 1. The minimum atomic E-state index is -0.589. The number of nitrogens with zero attached hydrogens (tertiary/aromatic N) is 2. The monoisotopic (exact) mass is 256 g/mol. The highest BCUT2D eigenvalue weighted by Gasteiger charge is 2.27. The third kappa shape index (κ3) is 2.69. The van der Waals surface area contributed by atoms with Crippen LogP contribution in [0.3, 0.4) is 0 Å². The third-order valence-corrected chi connectivity index (χ3v) is 3.22. The van der Waals surface area contributed by atoms with E-state index >= 15 is 0 Å². The fraction of sp³-hybridized carbons (Fsp3) is 0.200. The van der Waals surface area contributed by atoms with Crippen LogP contribution < -0.4 is 0 Å². The quantitative estimate of drug-likeness (QED) is 0.838. The highest BCUT2D eigenvalue weighted by Crippen LogP contribution is 2.29. The summed E-state index contributed by atoms with van der Waals surface area (Å²) in [6.07, 6.45) is 4.14. The van der Waals surface area contributed by atoms with Crippen LogP contribution in [0.1, 0.15) is 18.1 Å². The average Bonchev–Trinajstić information content (AvgIpc) is 2.40. The topological polar surface area (TPSA) is 36.7 Å². The fourth-order valence-electron chi connectivity index (χ4n) is 1.95. The second kappa shape index (κ2) is 5.20. The summed E-state index contributed by atoms with van der Waals surface area (Å²) >= 11 is 5.99. The molecule has 0 aliphatic heterocycles. The van der Waals surface area contributed by atoms with Gasteiger partial charge in [0.15, 0.2) is 0 Å². The molecule has 90 valence electrons. The van der Waals surface area contributed by atoms with Gasteiger partial charge >= 0.3 is 0 Å². The van der Waals surface area contributed by atoms with Crippen molar-refractivity contribution in [2.24, 2.45) is 0 Å². The average molecular weight is 257 g/mol. The lowest BCUT2D eigenvalue weighted by atomic mass is 9.79. The molecule has 1 aromatic heterocycles. The maximum absolute atomic E-state index is 9.48. The van der Waals surface area contributed by atoms with E-state index in [2.05, 4.69) is 11.1 Å². The molecule has 1 atom stereocenters. The van der Waals surface area contributed by atoms with Gasteiger partial charge in [0, 0.05) is 17.4 Å². The minimum Gasteiger partial charge on any atom is -0.264 e.